The Morgan fingerprint density at radius 3 is 3.09 bits per heavy atom. The van der Waals surface area contributed by atoms with Crippen LogP contribution in [0.2, 0.25) is 0 Å². The summed E-state index contributed by atoms with van der Waals surface area (Å²) in [7, 11) is 0. The molecule has 0 unspecified atom stereocenters. The molecule has 0 radical (unpaired) electrons. The molecule has 1 rings (SSSR count). The first kappa shape index (κ1) is 7.81. The van der Waals surface area contributed by atoms with E-state index < -0.39 is 0 Å². The van der Waals surface area contributed by atoms with Gasteiger partial charge in [0.1, 0.15) is 0 Å². The van der Waals surface area contributed by atoms with Crippen LogP contribution in [0.1, 0.15) is 5.69 Å². The fourth-order valence-corrected chi connectivity index (χ4v) is 0.893. The molecule has 0 atom stereocenters. The van der Waals surface area contributed by atoms with Crippen LogP contribution in [0.25, 0.3) is 0 Å². The third-order valence-corrected chi connectivity index (χ3v) is 1.44. The fourth-order valence-electron chi connectivity index (χ4n) is 0.893. The average molecular weight is 153 g/mol. The van der Waals surface area contributed by atoms with Gasteiger partial charge in [-0.3, -0.25) is 0 Å². The molecule has 4 heteroatoms. The topological polar surface area (TPSA) is 64.1 Å². The van der Waals surface area contributed by atoms with Crippen molar-refractivity contribution >= 4 is 5.95 Å². The van der Waals surface area contributed by atoms with E-state index in [1.807, 2.05) is 0 Å². The number of allylic oxidation sites excluding steroid dienone is 1. The van der Waals surface area contributed by atoms with E-state index in [4.69, 9.17) is 10.8 Å². The molecule has 0 spiro atoms. The Morgan fingerprint density at radius 1 is 1.82 bits per heavy atom. The fraction of sp³-hybridized carbons (Fsp3) is 0.286. The summed E-state index contributed by atoms with van der Waals surface area (Å²) >= 11 is 0. The zero-order chi connectivity index (χ0) is 8.27. The molecule has 0 aliphatic carbocycles. The normalized spacial score (nSPS) is 9.91. The van der Waals surface area contributed by atoms with Gasteiger partial charge in [-0.25, -0.2) is 4.98 Å². The second-order valence-corrected chi connectivity index (χ2v) is 2.17. The van der Waals surface area contributed by atoms with Gasteiger partial charge in [-0.05, 0) is 0 Å². The highest BCUT2D eigenvalue weighted by atomic mass is 16.3. The molecular formula is C7H11N3O. The van der Waals surface area contributed by atoms with Gasteiger partial charge in [-0.1, -0.05) is 6.08 Å². The van der Waals surface area contributed by atoms with Crippen LogP contribution in [0.15, 0.2) is 18.9 Å². The van der Waals surface area contributed by atoms with E-state index in [1.165, 1.54) is 0 Å². The van der Waals surface area contributed by atoms with Gasteiger partial charge in [0.25, 0.3) is 0 Å². The van der Waals surface area contributed by atoms with Crippen molar-refractivity contribution in [2.75, 3.05) is 5.73 Å². The van der Waals surface area contributed by atoms with Crippen LogP contribution in [0.4, 0.5) is 5.95 Å². The van der Waals surface area contributed by atoms with Crippen LogP contribution < -0.4 is 5.73 Å². The maximum atomic E-state index is 8.81. The molecule has 0 aliphatic rings. The molecule has 1 aromatic heterocycles. The predicted molar refractivity (Wildman–Crippen MR) is 42.8 cm³/mol. The summed E-state index contributed by atoms with van der Waals surface area (Å²) in [5.74, 6) is 0.411. The lowest BCUT2D eigenvalue weighted by Crippen LogP contribution is -2.05. The van der Waals surface area contributed by atoms with Gasteiger partial charge >= 0.3 is 0 Å². The third kappa shape index (κ3) is 1.40. The molecular weight excluding hydrogens is 142 g/mol. The monoisotopic (exact) mass is 153 g/mol. The quantitative estimate of drug-likeness (QED) is 0.607. The van der Waals surface area contributed by atoms with E-state index >= 15 is 0 Å². The Morgan fingerprint density at radius 2 is 2.55 bits per heavy atom. The minimum Gasteiger partial charge on any atom is -0.390 e. The van der Waals surface area contributed by atoms with Gasteiger partial charge in [0.2, 0.25) is 5.95 Å². The maximum Gasteiger partial charge on any atom is 0.200 e. The number of aromatic nitrogens is 2. The minimum absolute atomic E-state index is 0.0436. The number of aliphatic hydroxyl groups is 1. The van der Waals surface area contributed by atoms with Crippen LogP contribution in [0, 0.1) is 0 Å². The summed E-state index contributed by atoms with van der Waals surface area (Å²) in [4.78, 5) is 3.84. The summed E-state index contributed by atoms with van der Waals surface area (Å²) < 4.78 is 1.70. The Kier molecular flexibility index (Phi) is 2.28. The lowest BCUT2D eigenvalue weighted by atomic mass is 10.5. The summed E-state index contributed by atoms with van der Waals surface area (Å²) in [5, 5.41) is 8.81. The van der Waals surface area contributed by atoms with Crippen LogP contribution in [-0.2, 0) is 13.2 Å². The number of aliphatic hydroxyl groups excluding tert-OH is 1. The average Bonchev–Trinajstić information content (AvgIpc) is 2.34. The van der Waals surface area contributed by atoms with Gasteiger partial charge in [0, 0.05) is 6.54 Å². The summed E-state index contributed by atoms with van der Waals surface area (Å²) in [6.07, 6.45) is 3.26. The molecule has 0 aromatic carbocycles. The number of nitrogen functional groups attached to an aromatic ring is 1. The Labute approximate surface area is 65.0 Å². The molecule has 1 heterocycles. The number of nitrogens with two attached hydrogens (primary N) is 1. The van der Waals surface area contributed by atoms with Crippen molar-refractivity contribution in [3.63, 3.8) is 0 Å². The van der Waals surface area contributed by atoms with Gasteiger partial charge in [-0.15, -0.1) is 6.58 Å². The maximum absolute atomic E-state index is 8.81. The molecule has 4 nitrogen and oxygen atoms in total. The summed E-state index contributed by atoms with van der Waals surface area (Å²) in [5.41, 5.74) is 6.21. The number of rotatable bonds is 3. The zero-order valence-corrected chi connectivity index (χ0v) is 6.20. The first-order valence-corrected chi connectivity index (χ1v) is 3.31. The highest BCUT2D eigenvalue weighted by molar-refractivity contribution is 5.22. The minimum atomic E-state index is -0.0436. The Bertz CT molecular complexity index is 254. The SMILES string of the molecule is C=CCn1c(CO)cnc1N. The van der Waals surface area contributed by atoms with Crippen LogP contribution in [-0.4, -0.2) is 14.7 Å². The number of anilines is 1. The number of hydrogen-bond acceptors (Lipinski definition) is 3. The van der Waals surface area contributed by atoms with E-state index in [1.54, 1.807) is 16.8 Å². The van der Waals surface area contributed by atoms with Crippen LogP contribution in [0.3, 0.4) is 0 Å². The molecule has 0 fully saturated rings. The summed E-state index contributed by atoms with van der Waals surface area (Å²) in [6.45, 7) is 4.11. The number of imidazole rings is 1. The molecule has 0 saturated heterocycles. The van der Waals surface area contributed by atoms with Crippen molar-refractivity contribution in [2.45, 2.75) is 13.2 Å². The summed E-state index contributed by atoms with van der Waals surface area (Å²) in [6, 6.07) is 0. The smallest absolute Gasteiger partial charge is 0.200 e. The van der Waals surface area contributed by atoms with E-state index in [0.29, 0.717) is 18.2 Å². The predicted octanol–water partition coefficient (Wildman–Crippen LogP) is 0.144. The van der Waals surface area contributed by atoms with Crippen molar-refractivity contribution in [2.24, 2.45) is 0 Å². The standard InChI is InChI=1S/C7H11N3O/c1-2-3-10-6(5-11)4-9-7(10)8/h2,4,11H,1,3,5H2,(H2,8,9). The molecule has 60 valence electrons. The lowest BCUT2D eigenvalue weighted by Gasteiger charge is -2.03. The highest BCUT2D eigenvalue weighted by Gasteiger charge is 2.02. The van der Waals surface area contributed by atoms with E-state index in [9.17, 15) is 0 Å². The second kappa shape index (κ2) is 3.21. The molecule has 0 saturated carbocycles. The van der Waals surface area contributed by atoms with Crippen molar-refractivity contribution < 1.29 is 5.11 Å². The molecule has 0 bridgehead atoms. The molecule has 1 aromatic rings. The zero-order valence-electron chi connectivity index (χ0n) is 6.20. The molecule has 0 aliphatic heterocycles. The van der Waals surface area contributed by atoms with Gasteiger partial charge in [-0.2, -0.15) is 0 Å². The van der Waals surface area contributed by atoms with Crippen molar-refractivity contribution in [1.82, 2.24) is 9.55 Å². The Hall–Kier alpha value is -1.29. The molecule has 3 N–H and O–H groups in total. The first-order chi connectivity index (χ1) is 5.29. The van der Waals surface area contributed by atoms with E-state index in [2.05, 4.69) is 11.6 Å². The van der Waals surface area contributed by atoms with Crippen molar-refractivity contribution in [3.05, 3.63) is 24.5 Å². The first-order valence-electron chi connectivity index (χ1n) is 3.31. The second-order valence-electron chi connectivity index (χ2n) is 2.17. The highest BCUT2D eigenvalue weighted by Crippen LogP contribution is 2.06. The van der Waals surface area contributed by atoms with Gasteiger partial charge in [0.15, 0.2) is 0 Å². The molecule has 0 amide bonds. The van der Waals surface area contributed by atoms with E-state index in [0.717, 1.165) is 0 Å². The van der Waals surface area contributed by atoms with Gasteiger partial charge in [0.05, 0.1) is 18.5 Å². The molecule has 11 heavy (non-hydrogen) atoms. The number of nitrogens with zero attached hydrogens (tertiary/aromatic N) is 2. The van der Waals surface area contributed by atoms with E-state index in [-0.39, 0.29) is 6.61 Å². The number of hydrogen-bond donors (Lipinski definition) is 2. The van der Waals surface area contributed by atoms with Crippen LogP contribution >= 0.6 is 0 Å². The largest absolute Gasteiger partial charge is 0.390 e. The van der Waals surface area contributed by atoms with Gasteiger partial charge < -0.3 is 15.4 Å². The van der Waals surface area contributed by atoms with Crippen molar-refractivity contribution in [1.29, 1.82) is 0 Å². The Balaban J connectivity index is 2.96. The van der Waals surface area contributed by atoms with Crippen LogP contribution in [0.5, 0.6) is 0 Å². The van der Waals surface area contributed by atoms with Crippen molar-refractivity contribution in [3.8, 4) is 0 Å². The third-order valence-electron chi connectivity index (χ3n) is 1.44. The lowest BCUT2D eigenvalue weighted by molar-refractivity contribution is 0.272.